The number of carbonyl (C=O) groups excluding carboxylic acids is 2. The van der Waals surface area contributed by atoms with Crippen molar-refractivity contribution in [2.75, 3.05) is 18.2 Å². The van der Waals surface area contributed by atoms with E-state index in [2.05, 4.69) is 5.32 Å². The second-order valence-electron chi connectivity index (χ2n) is 5.74. The lowest BCUT2D eigenvalue weighted by Crippen LogP contribution is -2.14. The molecule has 0 aliphatic rings. The lowest BCUT2D eigenvalue weighted by atomic mass is 10.1. The highest BCUT2D eigenvalue weighted by Gasteiger charge is 2.15. The molecule has 0 spiro atoms. The molecule has 5 nitrogen and oxygen atoms in total. The number of benzene rings is 2. The van der Waals surface area contributed by atoms with Crippen LogP contribution in [0.1, 0.15) is 21.9 Å². The Hall–Kier alpha value is -2.73. The summed E-state index contributed by atoms with van der Waals surface area (Å²) in [6.45, 7) is 1.72. The summed E-state index contributed by atoms with van der Waals surface area (Å²) >= 11 is 1.42. The number of hydrogen-bond acceptors (Lipinski definition) is 5. The van der Waals surface area contributed by atoms with E-state index in [9.17, 15) is 9.59 Å². The first-order chi connectivity index (χ1) is 12.6. The van der Waals surface area contributed by atoms with Crippen molar-refractivity contribution in [2.24, 2.45) is 0 Å². The molecule has 3 rings (SSSR count). The molecule has 0 saturated heterocycles. The lowest BCUT2D eigenvalue weighted by Gasteiger charge is -2.08. The number of amides is 1. The minimum absolute atomic E-state index is 0.0807. The Morgan fingerprint density at radius 3 is 2.73 bits per heavy atom. The van der Waals surface area contributed by atoms with Crippen LogP contribution in [-0.2, 0) is 15.3 Å². The van der Waals surface area contributed by atoms with Crippen molar-refractivity contribution in [2.45, 2.75) is 12.7 Å². The Labute approximate surface area is 155 Å². The number of rotatable bonds is 6. The SMILES string of the molecule is COC(=O)c1cc(CSCC(=O)Nc2cccc3ccccc23)oc1C. The zero-order valence-corrected chi connectivity index (χ0v) is 15.4. The van der Waals surface area contributed by atoms with Crippen LogP contribution in [-0.4, -0.2) is 24.7 Å². The van der Waals surface area contributed by atoms with Gasteiger partial charge in [0.05, 0.1) is 18.6 Å². The molecule has 0 atom stereocenters. The van der Waals surface area contributed by atoms with Crippen LogP contribution in [0.2, 0.25) is 0 Å². The summed E-state index contributed by atoms with van der Waals surface area (Å²) in [5.41, 5.74) is 1.22. The van der Waals surface area contributed by atoms with Crippen molar-refractivity contribution in [3.8, 4) is 0 Å². The largest absolute Gasteiger partial charge is 0.465 e. The van der Waals surface area contributed by atoms with Gasteiger partial charge in [0.25, 0.3) is 0 Å². The molecule has 0 aliphatic carbocycles. The van der Waals surface area contributed by atoms with E-state index in [0.717, 1.165) is 16.5 Å². The van der Waals surface area contributed by atoms with Crippen molar-refractivity contribution in [3.63, 3.8) is 0 Å². The fraction of sp³-hybridized carbons (Fsp3) is 0.200. The normalized spacial score (nSPS) is 10.7. The Balaban J connectivity index is 1.57. The number of nitrogens with one attached hydrogen (secondary N) is 1. The lowest BCUT2D eigenvalue weighted by molar-refractivity contribution is -0.113. The van der Waals surface area contributed by atoms with E-state index < -0.39 is 5.97 Å². The molecule has 0 unspecified atom stereocenters. The maximum Gasteiger partial charge on any atom is 0.341 e. The molecular weight excluding hydrogens is 350 g/mol. The van der Waals surface area contributed by atoms with Crippen molar-refractivity contribution >= 4 is 40.1 Å². The van der Waals surface area contributed by atoms with Gasteiger partial charge in [0.2, 0.25) is 5.91 Å². The summed E-state index contributed by atoms with van der Waals surface area (Å²) in [6, 6.07) is 15.4. The molecule has 26 heavy (non-hydrogen) atoms. The standard InChI is InChI=1S/C20H19NO4S/c1-13-17(20(23)24-2)10-15(25-13)11-26-12-19(22)21-18-9-5-7-14-6-3-4-8-16(14)18/h3-10H,11-12H2,1-2H3,(H,21,22). The summed E-state index contributed by atoms with van der Waals surface area (Å²) in [5.74, 6) is 1.45. The molecule has 0 bridgehead atoms. The number of hydrogen-bond donors (Lipinski definition) is 1. The van der Waals surface area contributed by atoms with Gasteiger partial charge in [-0.25, -0.2) is 4.79 Å². The average molecular weight is 369 g/mol. The van der Waals surface area contributed by atoms with E-state index in [1.54, 1.807) is 13.0 Å². The van der Waals surface area contributed by atoms with Crippen molar-refractivity contribution in [1.29, 1.82) is 0 Å². The number of thioether (sulfide) groups is 1. The number of methoxy groups -OCH3 is 1. The Bertz CT molecular complexity index is 943. The van der Waals surface area contributed by atoms with Gasteiger partial charge < -0.3 is 14.5 Å². The number of fused-ring (bicyclic) bond motifs is 1. The molecule has 3 aromatic rings. The highest BCUT2D eigenvalue weighted by Crippen LogP contribution is 2.24. The zero-order chi connectivity index (χ0) is 18.5. The van der Waals surface area contributed by atoms with E-state index in [4.69, 9.17) is 9.15 Å². The molecule has 6 heteroatoms. The summed E-state index contributed by atoms with van der Waals surface area (Å²) in [5, 5.41) is 5.05. The van der Waals surface area contributed by atoms with Crippen LogP contribution in [0.5, 0.6) is 0 Å². The van der Waals surface area contributed by atoms with Crippen LogP contribution in [0, 0.1) is 6.92 Å². The first-order valence-corrected chi connectivity index (χ1v) is 9.27. The zero-order valence-electron chi connectivity index (χ0n) is 14.6. The van der Waals surface area contributed by atoms with Crippen molar-refractivity contribution in [3.05, 3.63) is 65.6 Å². The van der Waals surface area contributed by atoms with Gasteiger partial charge in [0.1, 0.15) is 17.1 Å². The fourth-order valence-corrected chi connectivity index (χ4v) is 3.40. The summed E-state index contributed by atoms with van der Waals surface area (Å²) in [7, 11) is 1.33. The van der Waals surface area contributed by atoms with E-state index in [1.807, 2.05) is 42.5 Å². The van der Waals surface area contributed by atoms with Crippen LogP contribution in [0.25, 0.3) is 10.8 Å². The van der Waals surface area contributed by atoms with Gasteiger partial charge in [-0.05, 0) is 24.4 Å². The first-order valence-electron chi connectivity index (χ1n) is 8.11. The Morgan fingerprint density at radius 1 is 1.15 bits per heavy atom. The average Bonchev–Trinajstić information content (AvgIpc) is 3.02. The second kappa shape index (κ2) is 8.10. The maximum atomic E-state index is 12.2. The van der Waals surface area contributed by atoms with Crippen molar-refractivity contribution < 1.29 is 18.7 Å². The molecule has 134 valence electrons. The summed E-state index contributed by atoms with van der Waals surface area (Å²) < 4.78 is 10.2. The third-order valence-corrected chi connectivity index (χ3v) is 4.87. The van der Waals surface area contributed by atoms with Crippen LogP contribution in [0.15, 0.2) is 52.9 Å². The number of anilines is 1. The smallest absolute Gasteiger partial charge is 0.341 e. The van der Waals surface area contributed by atoms with Gasteiger partial charge in [-0.15, -0.1) is 11.8 Å². The molecule has 1 N–H and O–H groups in total. The number of carbonyl (C=O) groups is 2. The van der Waals surface area contributed by atoms with Gasteiger partial charge in [0, 0.05) is 11.1 Å². The van der Waals surface area contributed by atoms with Crippen LogP contribution < -0.4 is 5.32 Å². The van der Waals surface area contributed by atoms with Crippen LogP contribution >= 0.6 is 11.8 Å². The van der Waals surface area contributed by atoms with Gasteiger partial charge in [-0.1, -0.05) is 36.4 Å². The quantitative estimate of drug-likeness (QED) is 0.652. The molecule has 2 aromatic carbocycles. The third kappa shape index (κ3) is 4.08. The molecule has 1 heterocycles. The number of ether oxygens (including phenoxy) is 1. The topological polar surface area (TPSA) is 68.5 Å². The fourth-order valence-electron chi connectivity index (χ4n) is 2.69. The predicted octanol–water partition coefficient (Wildman–Crippen LogP) is 4.40. The maximum absolute atomic E-state index is 12.2. The number of aryl methyl sites for hydroxylation is 1. The molecule has 1 aromatic heterocycles. The molecule has 1 amide bonds. The number of furan rings is 1. The first kappa shape index (κ1) is 18.1. The third-order valence-electron chi connectivity index (χ3n) is 3.92. The van der Waals surface area contributed by atoms with Crippen LogP contribution in [0.4, 0.5) is 5.69 Å². The molecule has 0 aliphatic heterocycles. The number of esters is 1. The second-order valence-corrected chi connectivity index (χ2v) is 6.73. The molecular formula is C20H19NO4S. The molecule has 0 fully saturated rings. The summed E-state index contributed by atoms with van der Waals surface area (Å²) in [6.07, 6.45) is 0. The Kier molecular flexibility index (Phi) is 5.63. The van der Waals surface area contributed by atoms with Gasteiger partial charge in [0.15, 0.2) is 0 Å². The minimum atomic E-state index is -0.420. The molecule has 0 radical (unpaired) electrons. The van der Waals surface area contributed by atoms with Gasteiger partial charge in [-0.3, -0.25) is 4.79 Å². The highest BCUT2D eigenvalue weighted by atomic mass is 32.2. The van der Waals surface area contributed by atoms with Gasteiger partial charge in [-0.2, -0.15) is 0 Å². The van der Waals surface area contributed by atoms with E-state index in [0.29, 0.717) is 22.8 Å². The van der Waals surface area contributed by atoms with Crippen molar-refractivity contribution in [1.82, 2.24) is 0 Å². The summed E-state index contributed by atoms with van der Waals surface area (Å²) in [4.78, 5) is 23.8. The van der Waals surface area contributed by atoms with E-state index in [-0.39, 0.29) is 11.7 Å². The highest BCUT2D eigenvalue weighted by molar-refractivity contribution is 7.99. The molecule has 0 saturated carbocycles. The van der Waals surface area contributed by atoms with Crippen LogP contribution in [0.3, 0.4) is 0 Å². The monoisotopic (exact) mass is 369 g/mol. The predicted molar refractivity (Wildman–Crippen MR) is 104 cm³/mol. The minimum Gasteiger partial charge on any atom is -0.465 e. The van der Waals surface area contributed by atoms with Gasteiger partial charge >= 0.3 is 5.97 Å². The van der Waals surface area contributed by atoms with E-state index >= 15 is 0 Å². The van der Waals surface area contributed by atoms with E-state index in [1.165, 1.54) is 18.9 Å². The Morgan fingerprint density at radius 2 is 1.92 bits per heavy atom.